The Hall–Kier alpha value is -3.90. The van der Waals surface area contributed by atoms with Crippen molar-refractivity contribution in [1.82, 2.24) is 16.0 Å². The number of aliphatic hydroxyl groups excluding tert-OH is 1. The molecule has 2 rings (SSSR count). The van der Waals surface area contributed by atoms with Gasteiger partial charge >= 0.3 is 6.09 Å². The Balaban J connectivity index is 2.20. The molecule has 9 heteroatoms. The minimum absolute atomic E-state index is 0.129. The minimum atomic E-state index is -1.04. The molecular weight excluding hydrogens is 484 g/mol. The fourth-order valence-electron chi connectivity index (χ4n) is 3.95. The number of nitrogens with one attached hydrogen (secondary N) is 3. The van der Waals surface area contributed by atoms with E-state index in [1.54, 1.807) is 44.2 Å². The minimum Gasteiger partial charge on any atom is -0.410 e. The molecule has 0 spiro atoms. The number of ether oxygens (including phenoxy) is 1. The van der Waals surface area contributed by atoms with E-state index in [2.05, 4.69) is 16.0 Å². The molecule has 0 aliphatic carbocycles. The van der Waals surface area contributed by atoms with Crippen molar-refractivity contribution in [3.8, 4) is 11.8 Å². The van der Waals surface area contributed by atoms with Gasteiger partial charge in [-0.25, -0.2) is 4.79 Å². The summed E-state index contributed by atoms with van der Waals surface area (Å²) in [7, 11) is 0. The molecule has 2 unspecified atom stereocenters. The van der Waals surface area contributed by atoms with E-state index in [4.69, 9.17) is 10.00 Å². The highest BCUT2D eigenvalue weighted by Gasteiger charge is 2.31. The summed E-state index contributed by atoms with van der Waals surface area (Å²) in [5.41, 5.74) is 0.823. The molecular formula is C29H38N4O5. The Bertz CT molecular complexity index is 1070. The van der Waals surface area contributed by atoms with Crippen molar-refractivity contribution < 1.29 is 24.2 Å². The first-order chi connectivity index (χ1) is 18.1. The van der Waals surface area contributed by atoms with E-state index in [9.17, 15) is 19.5 Å². The Labute approximate surface area is 224 Å². The molecule has 204 valence electrons. The standard InChI is InChI=1S/C29H38N4O5/c1-19(2)17-23(25(34)15-16-30)31-27(35)24(18-21-11-7-5-8-12-21)32-28(36)26(20(3)4)33-29(37)38-22-13-9-6-10-14-22/h5-14,19-20,23-26,34H,15,17-18H2,1-4H3,(H,31,35)(H,32,36)(H,33,37)/t23-,24?,25-,26?/m0/s1. The summed E-state index contributed by atoms with van der Waals surface area (Å²) in [6.45, 7) is 7.45. The van der Waals surface area contributed by atoms with Crippen LogP contribution in [0.25, 0.3) is 0 Å². The van der Waals surface area contributed by atoms with Gasteiger partial charge in [0.05, 0.1) is 24.6 Å². The molecule has 0 saturated heterocycles. The van der Waals surface area contributed by atoms with Crippen LogP contribution in [-0.2, 0) is 16.0 Å². The second-order valence-corrected chi connectivity index (χ2v) is 9.99. The number of amides is 3. The number of para-hydroxylation sites is 1. The van der Waals surface area contributed by atoms with Crippen LogP contribution in [0.2, 0.25) is 0 Å². The van der Waals surface area contributed by atoms with E-state index in [1.165, 1.54) is 0 Å². The van der Waals surface area contributed by atoms with Gasteiger partial charge in [0.2, 0.25) is 11.8 Å². The van der Waals surface area contributed by atoms with Gasteiger partial charge in [0.25, 0.3) is 0 Å². The molecule has 0 aliphatic heterocycles. The number of hydrogen-bond acceptors (Lipinski definition) is 6. The maximum absolute atomic E-state index is 13.4. The molecule has 2 aromatic carbocycles. The van der Waals surface area contributed by atoms with E-state index >= 15 is 0 Å². The number of carbonyl (C=O) groups excluding carboxylic acids is 3. The van der Waals surface area contributed by atoms with Crippen molar-refractivity contribution in [2.45, 2.75) is 71.2 Å². The van der Waals surface area contributed by atoms with Gasteiger partial charge in [-0.1, -0.05) is 76.2 Å². The van der Waals surface area contributed by atoms with Crippen LogP contribution in [0.4, 0.5) is 4.79 Å². The largest absolute Gasteiger partial charge is 0.413 e. The van der Waals surface area contributed by atoms with Crippen molar-refractivity contribution >= 4 is 17.9 Å². The first-order valence-electron chi connectivity index (χ1n) is 12.8. The van der Waals surface area contributed by atoms with Gasteiger partial charge < -0.3 is 25.8 Å². The third-order valence-corrected chi connectivity index (χ3v) is 5.91. The molecule has 38 heavy (non-hydrogen) atoms. The molecule has 0 aromatic heterocycles. The Morgan fingerprint density at radius 1 is 0.895 bits per heavy atom. The molecule has 3 amide bonds. The smallest absolute Gasteiger partial charge is 0.410 e. The fourth-order valence-corrected chi connectivity index (χ4v) is 3.95. The normalized spacial score (nSPS) is 14.1. The fraction of sp³-hybridized carbons (Fsp3) is 0.448. The van der Waals surface area contributed by atoms with Gasteiger partial charge in [-0.15, -0.1) is 0 Å². The van der Waals surface area contributed by atoms with Crippen LogP contribution in [0.5, 0.6) is 5.75 Å². The SMILES string of the molecule is CC(C)C[C@H](NC(=O)C(Cc1ccccc1)NC(=O)C(NC(=O)Oc1ccccc1)C(C)C)[C@@H](O)CC#N. The summed E-state index contributed by atoms with van der Waals surface area (Å²) in [5.74, 6) is -0.842. The lowest BCUT2D eigenvalue weighted by Crippen LogP contribution is -2.58. The molecule has 2 aromatic rings. The summed E-state index contributed by atoms with van der Waals surface area (Å²) >= 11 is 0. The maximum atomic E-state index is 13.4. The van der Waals surface area contributed by atoms with Crippen LogP contribution in [0.1, 0.15) is 46.1 Å². The second kappa shape index (κ2) is 15.4. The molecule has 0 heterocycles. The summed E-state index contributed by atoms with van der Waals surface area (Å²) in [4.78, 5) is 39.2. The van der Waals surface area contributed by atoms with Gasteiger partial charge in [-0.3, -0.25) is 9.59 Å². The van der Waals surface area contributed by atoms with Crippen LogP contribution in [0.15, 0.2) is 60.7 Å². The third-order valence-electron chi connectivity index (χ3n) is 5.91. The first kappa shape index (κ1) is 30.3. The van der Waals surface area contributed by atoms with Crippen LogP contribution < -0.4 is 20.7 Å². The van der Waals surface area contributed by atoms with Crippen molar-refractivity contribution in [3.05, 3.63) is 66.2 Å². The Morgan fingerprint density at radius 2 is 1.50 bits per heavy atom. The van der Waals surface area contributed by atoms with Crippen LogP contribution in [0, 0.1) is 23.2 Å². The predicted octanol–water partition coefficient (Wildman–Crippen LogP) is 3.33. The number of rotatable bonds is 13. The number of hydrogen-bond donors (Lipinski definition) is 4. The molecule has 0 aliphatic rings. The topological polar surface area (TPSA) is 141 Å². The lowest BCUT2D eigenvalue weighted by atomic mass is 9.96. The number of carbonyl (C=O) groups is 3. The van der Waals surface area contributed by atoms with E-state index < -0.39 is 42.1 Å². The monoisotopic (exact) mass is 522 g/mol. The first-order valence-corrected chi connectivity index (χ1v) is 12.8. The van der Waals surface area contributed by atoms with Crippen molar-refractivity contribution in [2.24, 2.45) is 11.8 Å². The highest BCUT2D eigenvalue weighted by Crippen LogP contribution is 2.13. The molecule has 4 atom stereocenters. The molecule has 0 bridgehead atoms. The van der Waals surface area contributed by atoms with Crippen molar-refractivity contribution in [2.75, 3.05) is 0 Å². The lowest BCUT2D eigenvalue weighted by Gasteiger charge is -2.29. The van der Waals surface area contributed by atoms with E-state index in [1.807, 2.05) is 50.2 Å². The van der Waals surface area contributed by atoms with Crippen LogP contribution in [-0.4, -0.2) is 47.2 Å². The zero-order valence-electron chi connectivity index (χ0n) is 22.4. The number of aliphatic hydroxyl groups is 1. The van der Waals surface area contributed by atoms with Gasteiger partial charge in [0.15, 0.2) is 0 Å². The van der Waals surface area contributed by atoms with Gasteiger partial charge in [0, 0.05) is 6.42 Å². The van der Waals surface area contributed by atoms with Gasteiger partial charge in [0.1, 0.15) is 17.8 Å². The van der Waals surface area contributed by atoms with E-state index in [-0.39, 0.29) is 24.7 Å². The number of nitriles is 1. The quantitative estimate of drug-likeness (QED) is 0.318. The number of benzene rings is 2. The average Bonchev–Trinajstić information content (AvgIpc) is 2.87. The Kier molecular flexibility index (Phi) is 12.3. The van der Waals surface area contributed by atoms with Crippen LogP contribution >= 0.6 is 0 Å². The zero-order chi connectivity index (χ0) is 28.1. The summed E-state index contributed by atoms with van der Waals surface area (Å²) < 4.78 is 5.27. The second-order valence-electron chi connectivity index (χ2n) is 9.99. The van der Waals surface area contributed by atoms with Crippen molar-refractivity contribution in [3.63, 3.8) is 0 Å². The highest BCUT2D eigenvalue weighted by atomic mass is 16.6. The third kappa shape index (κ3) is 10.2. The molecule has 0 radical (unpaired) electrons. The molecule has 0 saturated carbocycles. The average molecular weight is 523 g/mol. The van der Waals surface area contributed by atoms with Gasteiger partial charge in [-0.2, -0.15) is 5.26 Å². The van der Waals surface area contributed by atoms with E-state index in [0.717, 1.165) is 5.56 Å². The number of nitrogens with zero attached hydrogens (tertiary/aromatic N) is 1. The van der Waals surface area contributed by atoms with E-state index in [0.29, 0.717) is 12.2 Å². The molecule has 4 N–H and O–H groups in total. The van der Waals surface area contributed by atoms with Crippen LogP contribution in [0.3, 0.4) is 0 Å². The van der Waals surface area contributed by atoms with Crippen molar-refractivity contribution in [1.29, 1.82) is 5.26 Å². The summed E-state index contributed by atoms with van der Waals surface area (Å²) in [6.07, 6.45) is -1.30. The van der Waals surface area contributed by atoms with Gasteiger partial charge in [-0.05, 0) is 36.0 Å². The lowest BCUT2D eigenvalue weighted by molar-refractivity contribution is -0.131. The molecule has 9 nitrogen and oxygen atoms in total. The summed E-state index contributed by atoms with van der Waals surface area (Å²) in [5, 5.41) is 27.7. The summed E-state index contributed by atoms with van der Waals surface area (Å²) in [6, 6.07) is 17.0. The zero-order valence-corrected chi connectivity index (χ0v) is 22.4. The predicted molar refractivity (Wildman–Crippen MR) is 144 cm³/mol. The molecule has 0 fully saturated rings. The maximum Gasteiger partial charge on any atom is 0.413 e. The highest BCUT2D eigenvalue weighted by molar-refractivity contribution is 5.92. The Morgan fingerprint density at radius 3 is 2.05 bits per heavy atom.